The predicted molar refractivity (Wildman–Crippen MR) is 129 cm³/mol. The van der Waals surface area contributed by atoms with Crippen LogP contribution in [-0.2, 0) is 18.8 Å². The minimum Gasteiger partial charge on any atom is -0.444 e. The Balaban J connectivity index is 1.71. The number of hydrogen-bond acceptors (Lipinski definition) is 5. The van der Waals surface area contributed by atoms with Gasteiger partial charge in [-0.15, -0.1) is 0 Å². The van der Waals surface area contributed by atoms with Crippen molar-refractivity contribution in [3.8, 4) is 0 Å². The standard InChI is InChI=1S/C25H45BN2O5/c1-14(2)11-19(27-21(29)20(15(3)4)28-22(30)31-23(5,6)7)26-32-18-13-16-12-17(24(16,8)9)25(18,10)33-26/h14-20H,11-13H2,1-10H3,(H,27,29)(H,28,30)/t16-,17-,18-,19+,20+,25+/m1/s1. The summed E-state index contributed by atoms with van der Waals surface area (Å²) in [6.45, 7) is 20.3. The first-order chi connectivity index (χ1) is 15.0. The highest BCUT2D eigenvalue weighted by Crippen LogP contribution is 2.65. The van der Waals surface area contributed by atoms with E-state index in [4.69, 9.17) is 14.0 Å². The highest BCUT2D eigenvalue weighted by atomic mass is 16.7. The highest BCUT2D eigenvalue weighted by molar-refractivity contribution is 6.47. The summed E-state index contributed by atoms with van der Waals surface area (Å²) in [5.41, 5.74) is -0.691. The molecule has 2 N–H and O–H groups in total. The van der Waals surface area contributed by atoms with Crippen molar-refractivity contribution >= 4 is 19.1 Å². The number of ether oxygens (including phenoxy) is 1. The van der Waals surface area contributed by atoms with Crippen LogP contribution in [0, 0.1) is 29.1 Å². The molecule has 0 spiro atoms. The van der Waals surface area contributed by atoms with Gasteiger partial charge >= 0.3 is 13.2 Å². The van der Waals surface area contributed by atoms with E-state index >= 15 is 0 Å². The van der Waals surface area contributed by atoms with Crippen molar-refractivity contribution < 1.29 is 23.6 Å². The first kappa shape index (κ1) is 26.3. The molecular weight excluding hydrogens is 419 g/mol. The Labute approximate surface area is 200 Å². The normalized spacial score (nSPS) is 32.1. The summed E-state index contributed by atoms with van der Waals surface area (Å²) in [5, 5.41) is 5.91. The van der Waals surface area contributed by atoms with E-state index < -0.39 is 24.9 Å². The molecule has 2 bridgehead atoms. The van der Waals surface area contributed by atoms with Crippen molar-refractivity contribution in [2.24, 2.45) is 29.1 Å². The van der Waals surface area contributed by atoms with Gasteiger partial charge in [0.25, 0.3) is 0 Å². The molecule has 4 rings (SSSR count). The molecule has 3 saturated carbocycles. The lowest BCUT2D eigenvalue weighted by molar-refractivity contribution is -0.199. The summed E-state index contributed by atoms with van der Waals surface area (Å²) in [4.78, 5) is 25.7. The maximum Gasteiger partial charge on any atom is 0.481 e. The minimum atomic E-state index is -0.708. The minimum absolute atomic E-state index is 0.0617. The molecule has 0 aromatic carbocycles. The van der Waals surface area contributed by atoms with Gasteiger partial charge in [-0.3, -0.25) is 4.79 Å². The van der Waals surface area contributed by atoms with E-state index in [-0.39, 0.29) is 34.9 Å². The molecule has 2 amide bonds. The van der Waals surface area contributed by atoms with Crippen molar-refractivity contribution in [1.29, 1.82) is 0 Å². The molecule has 1 saturated heterocycles. The molecule has 7 nitrogen and oxygen atoms in total. The number of alkyl carbamates (subject to hydrolysis) is 1. The fourth-order valence-corrected chi connectivity index (χ4v) is 6.06. The quantitative estimate of drug-likeness (QED) is 0.548. The Morgan fingerprint density at radius 2 is 1.73 bits per heavy atom. The summed E-state index contributed by atoms with van der Waals surface area (Å²) >= 11 is 0. The molecule has 0 aromatic rings. The van der Waals surface area contributed by atoms with E-state index in [1.54, 1.807) is 20.8 Å². The van der Waals surface area contributed by atoms with Gasteiger partial charge in [0.1, 0.15) is 11.6 Å². The molecule has 0 unspecified atom stereocenters. The van der Waals surface area contributed by atoms with Crippen LogP contribution in [0.2, 0.25) is 0 Å². The highest BCUT2D eigenvalue weighted by Gasteiger charge is 2.68. The van der Waals surface area contributed by atoms with E-state index in [1.165, 1.54) is 6.42 Å². The number of rotatable bonds is 7. The Morgan fingerprint density at radius 1 is 1.09 bits per heavy atom. The molecular formula is C25H45BN2O5. The maximum absolute atomic E-state index is 13.3. The van der Waals surface area contributed by atoms with Gasteiger partial charge in [-0.25, -0.2) is 4.79 Å². The molecule has 33 heavy (non-hydrogen) atoms. The van der Waals surface area contributed by atoms with Gasteiger partial charge in [0.05, 0.1) is 17.6 Å². The zero-order valence-electron chi connectivity index (χ0n) is 22.3. The largest absolute Gasteiger partial charge is 0.481 e. The topological polar surface area (TPSA) is 85.9 Å². The van der Waals surface area contributed by atoms with Crippen LogP contribution in [0.5, 0.6) is 0 Å². The van der Waals surface area contributed by atoms with Crippen molar-refractivity contribution in [3.63, 3.8) is 0 Å². The van der Waals surface area contributed by atoms with Gasteiger partial charge < -0.3 is 24.7 Å². The van der Waals surface area contributed by atoms with Crippen LogP contribution in [0.4, 0.5) is 4.79 Å². The smallest absolute Gasteiger partial charge is 0.444 e. The molecule has 0 aromatic heterocycles. The summed E-state index contributed by atoms with van der Waals surface area (Å²) < 4.78 is 18.5. The summed E-state index contributed by atoms with van der Waals surface area (Å²) in [6, 6.07) is -0.708. The van der Waals surface area contributed by atoms with Gasteiger partial charge in [-0.2, -0.15) is 0 Å². The van der Waals surface area contributed by atoms with Crippen LogP contribution in [0.1, 0.15) is 88.5 Å². The summed E-state index contributed by atoms with van der Waals surface area (Å²) in [6.07, 6.45) is 2.39. The first-order valence-corrected chi connectivity index (χ1v) is 12.7. The summed E-state index contributed by atoms with van der Waals surface area (Å²) in [5.74, 6) is 0.853. The molecule has 8 heteroatoms. The fraction of sp³-hybridized carbons (Fsp3) is 0.920. The third kappa shape index (κ3) is 5.37. The monoisotopic (exact) mass is 464 g/mol. The second-order valence-electron chi connectivity index (χ2n) is 12.9. The lowest BCUT2D eigenvalue weighted by Crippen LogP contribution is -2.65. The predicted octanol–water partition coefficient (Wildman–Crippen LogP) is 4.33. The van der Waals surface area contributed by atoms with Crippen molar-refractivity contribution in [3.05, 3.63) is 0 Å². The zero-order chi connectivity index (χ0) is 24.9. The molecule has 3 aliphatic carbocycles. The van der Waals surface area contributed by atoms with Gasteiger partial charge in [0.2, 0.25) is 5.91 Å². The Kier molecular flexibility index (Phi) is 7.23. The van der Waals surface area contributed by atoms with E-state index in [0.717, 1.165) is 12.8 Å². The molecule has 0 radical (unpaired) electrons. The number of hydrogen-bond donors (Lipinski definition) is 2. The molecule has 1 heterocycles. The Bertz CT molecular complexity index is 750. The van der Waals surface area contributed by atoms with E-state index in [0.29, 0.717) is 17.8 Å². The van der Waals surface area contributed by atoms with Crippen LogP contribution in [0.25, 0.3) is 0 Å². The SMILES string of the molecule is CC(C)C[C@H](NC(=O)[C@@H](NC(=O)OC(C)(C)C)C(C)C)B1O[C@@H]2C[C@H]3C[C@H](C3(C)C)[C@]2(C)O1. The number of nitrogens with one attached hydrogen (secondary N) is 2. The molecule has 188 valence electrons. The molecule has 1 aliphatic heterocycles. The third-order valence-corrected chi connectivity index (χ3v) is 7.97. The van der Waals surface area contributed by atoms with Gasteiger partial charge in [-0.1, -0.05) is 41.5 Å². The lowest BCUT2D eigenvalue weighted by atomic mass is 9.43. The average molecular weight is 464 g/mol. The lowest BCUT2D eigenvalue weighted by Gasteiger charge is -2.64. The molecule has 4 fully saturated rings. The number of carbonyl (C=O) groups excluding carboxylic acids is 2. The second-order valence-corrected chi connectivity index (χ2v) is 12.9. The molecule has 4 aliphatic rings. The number of carbonyl (C=O) groups is 2. The van der Waals surface area contributed by atoms with Crippen molar-refractivity contribution in [2.45, 2.75) is 118 Å². The van der Waals surface area contributed by atoms with E-state index in [9.17, 15) is 9.59 Å². The van der Waals surface area contributed by atoms with E-state index in [2.05, 4.69) is 45.3 Å². The first-order valence-electron chi connectivity index (χ1n) is 12.7. The van der Waals surface area contributed by atoms with Gasteiger partial charge in [-0.05, 0) is 76.0 Å². The third-order valence-electron chi connectivity index (χ3n) is 7.97. The van der Waals surface area contributed by atoms with Crippen molar-refractivity contribution in [2.75, 3.05) is 0 Å². The van der Waals surface area contributed by atoms with Gasteiger partial charge in [0.15, 0.2) is 0 Å². The average Bonchev–Trinajstić information content (AvgIpc) is 3.00. The van der Waals surface area contributed by atoms with Crippen LogP contribution < -0.4 is 10.6 Å². The Morgan fingerprint density at radius 3 is 2.24 bits per heavy atom. The van der Waals surface area contributed by atoms with Crippen LogP contribution in [0.3, 0.4) is 0 Å². The second kappa shape index (κ2) is 9.06. The summed E-state index contributed by atoms with van der Waals surface area (Å²) in [7, 11) is -0.490. The molecule has 6 atom stereocenters. The Hall–Kier alpha value is -1.28. The maximum atomic E-state index is 13.3. The fourth-order valence-electron chi connectivity index (χ4n) is 6.06. The van der Waals surface area contributed by atoms with E-state index in [1.807, 2.05) is 13.8 Å². The zero-order valence-corrected chi connectivity index (χ0v) is 22.3. The van der Waals surface area contributed by atoms with Crippen LogP contribution >= 0.6 is 0 Å². The van der Waals surface area contributed by atoms with Crippen molar-refractivity contribution in [1.82, 2.24) is 10.6 Å². The van der Waals surface area contributed by atoms with Crippen LogP contribution in [-0.4, -0.2) is 48.4 Å². The number of amides is 2. The van der Waals surface area contributed by atoms with Crippen LogP contribution in [0.15, 0.2) is 0 Å². The van der Waals surface area contributed by atoms with Gasteiger partial charge in [0, 0.05) is 0 Å².